The van der Waals surface area contributed by atoms with Gasteiger partial charge in [-0.15, -0.1) is 0 Å². The summed E-state index contributed by atoms with van der Waals surface area (Å²) < 4.78 is 17.5. The van der Waals surface area contributed by atoms with E-state index in [-0.39, 0.29) is 6.61 Å². The molecule has 9 heteroatoms. The van der Waals surface area contributed by atoms with Crippen molar-refractivity contribution in [1.29, 1.82) is 0 Å². The number of nitrogens with zero attached hydrogens (tertiary/aromatic N) is 1. The number of ether oxygens (including phenoxy) is 3. The molecule has 2 rings (SSSR count). The minimum absolute atomic E-state index is 0.281. The van der Waals surface area contributed by atoms with E-state index in [1.165, 1.54) is 13.3 Å². The number of carbonyl (C=O) groups is 1. The van der Waals surface area contributed by atoms with E-state index in [9.17, 15) is 4.79 Å². The molecule has 2 aromatic carbocycles. The fourth-order valence-corrected chi connectivity index (χ4v) is 2.50. The number of nitrogens with one attached hydrogen (secondary N) is 1. The van der Waals surface area contributed by atoms with E-state index in [0.29, 0.717) is 28.7 Å². The molecule has 0 bridgehead atoms. The van der Waals surface area contributed by atoms with Crippen molar-refractivity contribution in [2.75, 3.05) is 20.3 Å². The Hall–Kier alpha value is -2.45. The van der Waals surface area contributed by atoms with E-state index >= 15 is 0 Å². The molecule has 0 aliphatic heterocycles. The van der Waals surface area contributed by atoms with Crippen molar-refractivity contribution in [2.24, 2.45) is 10.8 Å². The van der Waals surface area contributed by atoms with Gasteiger partial charge in [0.15, 0.2) is 11.5 Å². The highest BCUT2D eigenvalue weighted by atomic mass is 79.9. The van der Waals surface area contributed by atoms with E-state index in [2.05, 4.69) is 26.5 Å². The smallest absolute Gasteiger partial charge is 0.332 e. The summed E-state index contributed by atoms with van der Waals surface area (Å²) in [6.07, 6.45) is 1.39. The topological polar surface area (TPSA) is 95.2 Å². The lowest BCUT2D eigenvalue weighted by Crippen LogP contribution is -2.24. The number of hydrogen-bond donors (Lipinski definition) is 2. The lowest BCUT2D eigenvalue weighted by molar-refractivity contribution is 0.211. The number of halogens is 2. The average molecular weight is 443 g/mol. The molecular weight excluding hydrogens is 426 g/mol. The van der Waals surface area contributed by atoms with Crippen molar-refractivity contribution in [1.82, 2.24) is 5.43 Å². The molecule has 3 N–H and O–H groups in total. The second-order valence-corrected chi connectivity index (χ2v) is 6.24. The van der Waals surface area contributed by atoms with Gasteiger partial charge in [0.2, 0.25) is 0 Å². The zero-order valence-corrected chi connectivity index (χ0v) is 16.2. The summed E-state index contributed by atoms with van der Waals surface area (Å²) in [4.78, 5) is 10.6. The molecule has 0 atom stereocenters. The van der Waals surface area contributed by atoms with Crippen LogP contribution in [0.5, 0.6) is 17.2 Å². The van der Waals surface area contributed by atoms with E-state index < -0.39 is 6.03 Å². The van der Waals surface area contributed by atoms with Crippen LogP contribution in [0.2, 0.25) is 5.02 Å². The number of primary amides is 1. The van der Waals surface area contributed by atoms with Gasteiger partial charge < -0.3 is 19.9 Å². The van der Waals surface area contributed by atoms with Crippen molar-refractivity contribution < 1.29 is 19.0 Å². The maximum absolute atomic E-state index is 10.6. The van der Waals surface area contributed by atoms with Crippen LogP contribution in [0.1, 0.15) is 5.56 Å². The van der Waals surface area contributed by atoms with Crippen molar-refractivity contribution in [3.63, 3.8) is 0 Å². The third-order valence-corrected chi connectivity index (χ3v) is 3.86. The second kappa shape index (κ2) is 9.88. The van der Waals surface area contributed by atoms with Gasteiger partial charge in [0.1, 0.15) is 19.0 Å². The third kappa shape index (κ3) is 6.12. The minimum atomic E-state index is -0.759. The molecule has 0 unspecified atom stereocenters. The summed E-state index contributed by atoms with van der Waals surface area (Å²) in [6, 6.07) is 10.0. The lowest BCUT2D eigenvalue weighted by Gasteiger charge is -2.13. The van der Waals surface area contributed by atoms with Crippen molar-refractivity contribution in [3.8, 4) is 17.2 Å². The molecule has 0 fully saturated rings. The third-order valence-electron chi connectivity index (χ3n) is 3.05. The molecule has 2 aromatic rings. The van der Waals surface area contributed by atoms with Gasteiger partial charge in [-0.05, 0) is 42.0 Å². The molecule has 0 aliphatic carbocycles. The second-order valence-electron chi connectivity index (χ2n) is 4.92. The summed E-state index contributed by atoms with van der Waals surface area (Å²) in [5, 5.41) is 4.02. The van der Waals surface area contributed by atoms with E-state index in [0.717, 1.165) is 10.2 Å². The molecule has 138 valence electrons. The number of nitrogens with two attached hydrogens (primary N) is 1. The van der Waals surface area contributed by atoms with Crippen LogP contribution in [0.3, 0.4) is 0 Å². The maximum atomic E-state index is 10.6. The first-order valence-electron chi connectivity index (χ1n) is 7.47. The normalized spacial score (nSPS) is 10.6. The molecule has 0 spiro atoms. The maximum Gasteiger partial charge on any atom is 0.332 e. The van der Waals surface area contributed by atoms with E-state index in [4.69, 9.17) is 31.5 Å². The SMILES string of the molecule is COc1cc(/C=N\NC(N)=O)cc(Cl)c1OCCOc1ccc(Br)cc1. The van der Waals surface area contributed by atoms with Crippen LogP contribution in [-0.4, -0.2) is 32.6 Å². The van der Waals surface area contributed by atoms with Gasteiger partial charge in [-0.3, -0.25) is 0 Å². The fraction of sp³-hybridized carbons (Fsp3) is 0.176. The molecule has 0 heterocycles. The lowest BCUT2D eigenvalue weighted by atomic mass is 10.2. The number of benzene rings is 2. The Morgan fingerprint density at radius 2 is 1.96 bits per heavy atom. The molecule has 0 aromatic heterocycles. The first kappa shape index (κ1) is 19.9. The molecule has 0 radical (unpaired) electrons. The zero-order valence-electron chi connectivity index (χ0n) is 13.9. The van der Waals surface area contributed by atoms with Gasteiger partial charge in [0.25, 0.3) is 0 Å². The molecular formula is C17H17BrClN3O4. The van der Waals surface area contributed by atoms with Crippen molar-refractivity contribution >= 4 is 39.8 Å². The Balaban J connectivity index is 1.96. The number of hydrogen-bond acceptors (Lipinski definition) is 5. The Bertz CT molecular complexity index is 784. The Kier molecular flexibility index (Phi) is 7.55. The van der Waals surface area contributed by atoms with Crippen LogP contribution < -0.4 is 25.4 Å². The summed E-state index contributed by atoms with van der Waals surface area (Å²) in [5.74, 6) is 1.57. The number of methoxy groups -OCH3 is 1. The number of carbonyl (C=O) groups excluding carboxylic acids is 1. The molecule has 0 aliphatic rings. The molecule has 7 nitrogen and oxygen atoms in total. The van der Waals surface area contributed by atoms with E-state index in [1.54, 1.807) is 12.1 Å². The van der Waals surface area contributed by atoms with Gasteiger partial charge >= 0.3 is 6.03 Å². The Morgan fingerprint density at radius 1 is 1.27 bits per heavy atom. The number of urea groups is 1. The zero-order chi connectivity index (χ0) is 18.9. The van der Waals surface area contributed by atoms with Crippen molar-refractivity contribution in [3.05, 3.63) is 51.5 Å². The molecule has 26 heavy (non-hydrogen) atoms. The largest absolute Gasteiger partial charge is 0.493 e. The van der Waals surface area contributed by atoms with Gasteiger partial charge in [0, 0.05) is 4.47 Å². The van der Waals surface area contributed by atoms with Gasteiger partial charge in [-0.25, -0.2) is 10.2 Å². The highest BCUT2D eigenvalue weighted by molar-refractivity contribution is 9.10. The summed E-state index contributed by atoms with van der Waals surface area (Å²) >= 11 is 9.61. The number of hydrazone groups is 1. The van der Waals surface area contributed by atoms with Crippen molar-refractivity contribution in [2.45, 2.75) is 0 Å². The summed E-state index contributed by atoms with van der Waals surface area (Å²) in [7, 11) is 1.50. The predicted molar refractivity (Wildman–Crippen MR) is 103 cm³/mol. The quantitative estimate of drug-likeness (QED) is 0.371. The van der Waals surface area contributed by atoms with Crippen LogP contribution >= 0.6 is 27.5 Å². The van der Waals surface area contributed by atoms with Crippen LogP contribution in [0, 0.1) is 0 Å². The first-order valence-corrected chi connectivity index (χ1v) is 8.64. The van der Waals surface area contributed by atoms with Crippen LogP contribution in [0.15, 0.2) is 46.0 Å². The van der Waals surface area contributed by atoms with E-state index in [1.807, 2.05) is 24.3 Å². The average Bonchev–Trinajstić information content (AvgIpc) is 2.61. The summed E-state index contributed by atoms with van der Waals surface area (Å²) in [5.41, 5.74) is 7.65. The van der Waals surface area contributed by atoms with Crippen LogP contribution in [0.25, 0.3) is 0 Å². The Labute approximate surface area is 164 Å². The standard InChI is InChI=1S/C17H17BrClN3O4/c1-24-15-9-11(10-21-22-17(20)23)8-14(19)16(15)26-7-6-25-13-4-2-12(18)3-5-13/h2-5,8-10H,6-7H2,1H3,(H3,20,22,23)/b21-10-. The first-order chi connectivity index (χ1) is 12.5. The fourth-order valence-electron chi connectivity index (χ4n) is 1.96. The monoisotopic (exact) mass is 441 g/mol. The minimum Gasteiger partial charge on any atom is -0.493 e. The van der Waals surface area contributed by atoms with Crippen LogP contribution in [0.4, 0.5) is 4.79 Å². The highest BCUT2D eigenvalue weighted by Gasteiger charge is 2.11. The van der Waals surface area contributed by atoms with Crippen LogP contribution in [-0.2, 0) is 0 Å². The molecule has 0 saturated carbocycles. The van der Waals surface area contributed by atoms with Gasteiger partial charge in [-0.2, -0.15) is 5.10 Å². The van der Waals surface area contributed by atoms with Gasteiger partial charge in [-0.1, -0.05) is 27.5 Å². The highest BCUT2D eigenvalue weighted by Crippen LogP contribution is 2.36. The summed E-state index contributed by atoms with van der Waals surface area (Å²) in [6.45, 7) is 0.621. The predicted octanol–water partition coefficient (Wildman–Crippen LogP) is 3.57. The number of rotatable bonds is 8. The molecule has 2 amide bonds. The molecule has 0 saturated heterocycles. The Morgan fingerprint density at radius 3 is 2.62 bits per heavy atom. The number of amides is 2. The van der Waals surface area contributed by atoms with Gasteiger partial charge in [0.05, 0.1) is 18.3 Å².